The average Bonchev–Trinajstić information content (AvgIpc) is 3.05. The van der Waals surface area contributed by atoms with Crippen molar-refractivity contribution in [2.45, 2.75) is 46.1 Å². The van der Waals surface area contributed by atoms with E-state index in [4.69, 9.17) is 10.5 Å². The molecule has 0 spiro atoms. The molecule has 0 atom stereocenters. The van der Waals surface area contributed by atoms with Gasteiger partial charge in [-0.1, -0.05) is 17.7 Å². The Kier molecular flexibility index (Phi) is 10.8. The van der Waals surface area contributed by atoms with E-state index >= 15 is 0 Å². The summed E-state index contributed by atoms with van der Waals surface area (Å²) in [6.45, 7) is 10.1. The van der Waals surface area contributed by atoms with Crippen LogP contribution in [0.4, 0.5) is 5.82 Å². The zero-order valence-electron chi connectivity index (χ0n) is 19.0. The van der Waals surface area contributed by atoms with E-state index in [0.29, 0.717) is 36.6 Å². The Bertz CT molecular complexity index is 898. The highest BCUT2D eigenvalue weighted by atomic mass is 127. The number of benzene rings is 1. The molecule has 0 aliphatic rings. The van der Waals surface area contributed by atoms with Gasteiger partial charge >= 0.3 is 0 Å². The van der Waals surface area contributed by atoms with Crippen LogP contribution in [0.1, 0.15) is 44.0 Å². The third kappa shape index (κ3) is 7.70. The molecule has 9 heteroatoms. The average molecular weight is 539 g/mol. The second-order valence-corrected chi connectivity index (χ2v) is 7.76. The summed E-state index contributed by atoms with van der Waals surface area (Å²) < 4.78 is 7.05. The summed E-state index contributed by atoms with van der Waals surface area (Å²) in [5.41, 5.74) is 9.03. The summed E-state index contributed by atoms with van der Waals surface area (Å²) in [4.78, 5) is 4.58. The molecular formula is C22H34IN7O. The van der Waals surface area contributed by atoms with Crippen LogP contribution in [0.2, 0.25) is 0 Å². The largest absolute Gasteiger partial charge is 0.382 e. The van der Waals surface area contributed by atoms with Crippen molar-refractivity contribution in [2.75, 3.05) is 32.5 Å². The first-order valence-corrected chi connectivity index (χ1v) is 10.2. The molecule has 0 radical (unpaired) electrons. The summed E-state index contributed by atoms with van der Waals surface area (Å²) in [6.07, 6.45) is 1.43. The van der Waals surface area contributed by atoms with Crippen LogP contribution in [-0.2, 0) is 11.2 Å². The van der Waals surface area contributed by atoms with E-state index in [-0.39, 0.29) is 29.6 Å². The van der Waals surface area contributed by atoms with Crippen LogP contribution in [0.3, 0.4) is 0 Å². The smallest absolute Gasteiger partial charge is 0.191 e. The van der Waals surface area contributed by atoms with Crippen LogP contribution in [0.25, 0.3) is 5.69 Å². The molecule has 0 unspecified atom stereocenters. The number of methoxy groups -OCH3 is 1. The van der Waals surface area contributed by atoms with E-state index in [9.17, 15) is 5.26 Å². The SMILES string of the molecule is CCNC(=NCC(C)(C)OC)NCCCc1nn(-c2ccc(C)cc2)c(N)c1C#N.I. The Balaban J connectivity index is 0.00000480. The second-order valence-electron chi connectivity index (χ2n) is 7.76. The highest BCUT2D eigenvalue weighted by molar-refractivity contribution is 14.0. The number of nitriles is 1. The fraction of sp³-hybridized carbons (Fsp3) is 0.500. The fourth-order valence-electron chi connectivity index (χ4n) is 2.80. The van der Waals surface area contributed by atoms with Gasteiger partial charge in [-0.25, -0.2) is 4.68 Å². The number of guanidine groups is 1. The Morgan fingerprint density at radius 3 is 2.55 bits per heavy atom. The predicted octanol–water partition coefficient (Wildman–Crippen LogP) is 3.17. The molecule has 0 aliphatic carbocycles. The van der Waals surface area contributed by atoms with Crippen molar-refractivity contribution in [1.82, 2.24) is 20.4 Å². The molecule has 1 heterocycles. The van der Waals surface area contributed by atoms with Gasteiger partial charge in [-0.05, 0) is 52.7 Å². The molecule has 2 rings (SSSR count). The van der Waals surface area contributed by atoms with Crippen LogP contribution in [-0.4, -0.2) is 48.1 Å². The van der Waals surface area contributed by atoms with E-state index in [2.05, 4.69) is 26.8 Å². The number of aliphatic imine (C=N–C) groups is 1. The Hall–Kier alpha value is -2.32. The third-order valence-electron chi connectivity index (χ3n) is 4.78. The van der Waals surface area contributed by atoms with Crippen molar-refractivity contribution < 1.29 is 4.74 Å². The number of rotatable bonds is 9. The lowest BCUT2D eigenvalue weighted by molar-refractivity contribution is 0.0310. The molecule has 0 bridgehead atoms. The summed E-state index contributed by atoms with van der Waals surface area (Å²) >= 11 is 0. The predicted molar refractivity (Wildman–Crippen MR) is 136 cm³/mol. The minimum Gasteiger partial charge on any atom is -0.382 e. The van der Waals surface area contributed by atoms with Gasteiger partial charge < -0.3 is 21.1 Å². The number of hydrogen-bond donors (Lipinski definition) is 3. The van der Waals surface area contributed by atoms with Crippen molar-refractivity contribution in [3.8, 4) is 11.8 Å². The quantitative estimate of drug-likeness (QED) is 0.195. The number of halogens is 1. The third-order valence-corrected chi connectivity index (χ3v) is 4.78. The minimum atomic E-state index is -0.315. The van der Waals surface area contributed by atoms with Gasteiger partial charge in [0.25, 0.3) is 0 Å². The van der Waals surface area contributed by atoms with Gasteiger partial charge in [0.15, 0.2) is 5.96 Å². The Labute approximate surface area is 202 Å². The lowest BCUT2D eigenvalue weighted by Gasteiger charge is -2.21. The fourth-order valence-corrected chi connectivity index (χ4v) is 2.80. The van der Waals surface area contributed by atoms with Crippen molar-refractivity contribution in [2.24, 2.45) is 4.99 Å². The second kappa shape index (κ2) is 12.5. The molecule has 0 saturated heterocycles. The van der Waals surface area contributed by atoms with Crippen LogP contribution in [0.15, 0.2) is 29.3 Å². The number of anilines is 1. The molecule has 8 nitrogen and oxygen atoms in total. The number of nitrogens with zero attached hydrogens (tertiary/aromatic N) is 4. The number of ether oxygens (including phenoxy) is 1. The Morgan fingerprint density at radius 2 is 1.97 bits per heavy atom. The molecular weight excluding hydrogens is 505 g/mol. The molecule has 0 aliphatic heterocycles. The Morgan fingerprint density at radius 1 is 1.29 bits per heavy atom. The van der Waals surface area contributed by atoms with E-state index in [1.54, 1.807) is 11.8 Å². The van der Waals surface area contributed by atoms with Crippen molar-refractivity contribution >= 4 is 35.8 Å². The van der Waals surface area contributed by atoms with Gasteiger partial charge in [0, 0.05) is 20.2 Å². The molecule has 0 saturated carbocycles. The molecule has 4 N–H and O–H groups in total. The van der Waals surface area contributed by atoms with Gasteiger partial charge in [-0.15, -0.1) is 24.0 Å². The van der Waals surface area contributed by atoms with Crippen LogP contribution < -0.4 is 16.4 Å². The van der Waals surface area contributed by atoms with Crippen LogP contribution >= 0.6 is 24.0 Å². The van der Waals surface area contributed by atoms with E-state index in [0.717, 1.165) is 30.2 Å². The van der Waals surface area contributed by atoms with Crippen molar-refractivity contribution in [3.63, 3.8) is 0 Å². The molecule has 31 heavy (non-hydrogen) atoms. The molecule has 2 aromatic rings. The molecule has 170 valence electrons. The van der Waals surface area contributed by atoms with Crippen LogP contribution in [0.5, 0.6) is 0 Å². The first-order chi connectivity index (χ1) is 14.3. The summed E-state index contributed by atoms with van der Waals surface area (Å²) in [5, 5.41) is 20.7. The van der Waals surface area contributed by atoms with Gasteiger partial charge in [0.2, 0.25) is 0 Å². The topological polar surface area (TPSA) is 113 Å². The summed E-state index contributed by atoms with van der Waals surface area (Å²) in [7, 11) is 1.68. The number of aryl methyl sites for hydroxylation is 2. The van der Waals surface area contributed by atoms with E-state index in [1.165, 1.54) is 0 Å². The normalized spacial score (nSPS) is 11.5. The highest BCUT2D eigenvalue weighted by Crippen LogP contribution is 2.21. The maximum absolute atomic E-state index is 9.55. The lowest BCUT2D eigenvalue weighted by atomic mass is 10.1. The summed E-state index contributed by atoms with van der Waals surface area (Å²) in [5.74, 6) is 1.12. The zero-order chi connectivity index (χ0) is 22.1. The first kappa shape index (κ1) is 26.7. The van der Waals surface area contributed by atoms with Crippen molar-refractivity contribution in [3.05, 3.63) is 41.1 Å². The zero-order valence-corrected chi connectivity index (χ0v) is 21.4. The summed E-state index contributed by atoms with van der Waals surface area (Å²) in [6, 6.07) is 10.1. The molecule has 0 amide bonds. The number of nitrogen functional groups attached to an aromatic ring is 1. The number of aromatic nitrogens is 2. The van der Waals surface area contributed by atoms with E-state index in [1.807, 2.05) is 52.0 Å². The number of nitrogens with one attached hydrogen (secondary N) is 2. The number of nitrogens with two attached hydrogens (primary N) is 1. The number of hydrogen-bond acceptors (Lipinski definition) is 5. The van der Waals surface area contributed by atoms with Gasteiger partial charge in [-0.2, -0.15) is 10.4 Å². The first-order valence-electron chi connectivity index (χ1n) is 10.2. The maximum Gasteiger partial charge on any atom is 0.191 e. The standard InChI is InChI=1S/C22H33N7O.HI/c1-6-25-21(27-15-22(3,4)30-5)26-13-7-8-19-18(14-23)20(24)29(28-19)17-11-9-16(2)10-12-17;/h9-12H,6-8,13,15,24H2,1-5H3,(H2,25,26,27);1H. The van der Waals surface area contributed by atoms with Gasteiger partial charge in [0.1, 0.15) is 17.5 Å². The van der Waals surface area contributed by atoms with E-state index < -0.39 is 0 Å². The van der Waals surface area contributed by atoms with Gasteiger partial charge in [0.05, 0.1) is 23.5 Å². The van der Waals surface area contributed by atoms with Crippen molar-refractivity contribution in [1.29, 1.82) is 5.26 Å². The monoisotopic (exact) mass is 539 g/mol. The highest BCUT2D eigenvalue weighted by Gasteiger charge is 2.17. The lowest BCUT2D eigenvalue weighted by Crippen LogP contribution is -2.39. The van der Waals surface area contributed by atoms with Crippen LogP contribution in [0, 0.1) is 18.3 Å². The maximum atomic E-state index is 9.55. The van der Waals surface area contributed by atoms with Gasteiger partial charge in [-0.3, -0.25) is 4.99 Å². The molecule has 1 aromatic carbocycles. The molecule has 1 aromatic heterocycles. The minimum absolute atomic E-state index is 0. The molecule has 0 fully saturated rings.